The molecule has 0 saturated carbocycles. The molecule has 0 N–H and O–H groups in total. The summed E-state index contributed by atoms with van der Waals surface area (Å²) in [5, 5.41) is 1.51. The van der Waals surface area contributed by atoms with Crippen LogP contribution in [0.1, 0.15) is 100 Å². The molecule has 2 aromatic carbocycles. The first kappa shape index (κ1) is 22.2. The van der Waals surface area contributed by atoms with Gasteiger partial charge in [0.1, 0.15) is 5.82 Å². The first-order valence-electron chi connectivity index (χ1n) is 9.89. The van der Waals surface area contributed by atoms with Crippen LogP contribution in [0.25, 0.3) is 0 Å². The van der Waals surface area contributed by atoms with E-state index in [-0.39, 0.29) is 17.7 Å². The topological polar surface area (TPSA) is 0 Å². The lowest BCUT2D eigenvalue weighted by Crippen LogP contribution is -2.03. The fraction of sp³-hybridized carbons (Fsp3) is 0.500. The van der Waals surface area contributed by atoms with Crippen molar-refractivity contribution in [1.82, 2.24) is 0 Å². The number of rotatable bonds is 7. The van der Waals surface area contributed by atoms with Gasteiger partial charge in [-0.05, 0) is 77.0 Å². The predicted molar refractivity (Wildman–Crippen MR) is 117 cm³/mol. The summed E-state index contributed by atoms with van der Waals surface area (Å²) in [6, 6.07) is 9.81. The third kappa shape index (κ3) is 5.48. The van der Waals surface area contributed by atoms with Crippen LogP contribution in [0.4, 0.5) is 4.39 Å². The first-order chi connectivity index (χ1) is 12.6. The van der Waals surface area contributed by atoms with Crippen LogP contribution >= 0.6 is 23.2 Å². The third-order valence-electron chi connectivity index (χ3n) is 5.52. The highest BCUT2D eigenvalue weighted by Gasteiger charge is 2.18. The highest BCUT2D eigenvalue weighted by molar-refractivity contribution is 6.31. The molecule has 0 spiro atoms. The summed E-state index contributed by atoms with van der Waals surface area (Å²) in [5.41, 5.74) is 4.02. The summed E-state index contributed by atoms with van der Waals surface area (Å²) in [5.74, 6) is 0.987. The molecule has 0 aliphatic rings. The molecule has 0 aliphatic heterocycles. The molecule has 2 aromatic rings. The van der Waals surface area contributed by atoms with Gasteiger partial charge in [-0.3, -0.25) is 0 Å². The molecule has 0 heterocycles. The van der Waals surface area contributed by atoms with E-state index in [0.717, 1.165) is 23.4 Å². The zero-order valence-corrected chi connectivity index (χ0v) is 18.8. The summed E-state index contributed by atoms with van der Waals surface area (Å²) >= 11 is 13.0. The number of hydrogen-bond donors (Lipinski definition) is 0. The molecular weight excluding hydrogens is 378 g/mol. The minimum Gasteiger partial charge on any atom is -0.207 e. The Kier molecular flexibility index (Phi) is 7.77. The molecule has 0 saturated heterocycles. The summed E-state index contributed by atoms with van der Waals surface area (Å²) in [4.78, 5) is 0. The van der Waals surface area contributed by atoms with E-state index in [1.807, 2.05) is 13.8 Å². The largest absolute Gasteiger partial charge is 0.207 e. The Morgan fingerprint density at radius 2 is 1.26 bits per heavy atom. The number of halogens is 3. The summed E-state index contributed by atoms with van der Waals surface area (Å²) in [6.07, 6.45) is 1.91. The second kappa shape index (κ2) is 9.43. The van der Waals surface area contributed by atoms with Crippen LogP contribution in [0.5, 0.6) is 0 Å². The second-order valence-electron chi connectivity index (χ2n) is 8.37. The molecule has 148 valence electrons. The second-order valence-corrected chi connectivity index (χ2v) is 9.18. The van der Waals surface area contributed by atoms with Gasteiger partial charge in [0.05, 0.1) is 0 Å². The zero-order chi connectivity index (χ0) is 20.3. The SMILES string of the molecule is CC(C)c1ccc(C(C)CCC(C)c2cc(F)c(C(C)C)cc2Cl)c(Cl)c1. The molecule has 0 amide bonds. The van der Waals surface area contributed by atoms with Gasteiger partial charge in [-0.15, -0.1) is 0 Å². The van der Waals surface area contributed by atoms with Crippen molar-refractivity contribution in [2.45, 2.75) is 78.1 Å². The van der Waals surface area contributed by atoms with Gasteiger partial charge in [0.2, 0.25) is 0 Å². The molecule has 0 fully saturated rings. The molecule has 2 unspecified atom stereocenters. The Balaban J connectivity index is 2.09. The van der Waals surface area contributed by atoms with E-state index in [0.29, 0.717) is 22.4 Å². The number of hydrogen-bond acceptors (Lipinski definition) is 0. The highest BCUT2D eigenvalue weighted by atomic mass is 35.5. The Hall–Kier alpha value is -1.05. The van der Waals surface area contributed by atoms with Crippen molar-refractivity contribution in [3.05, 3.63) is 68.4 Å². The van der Waals surface area contributed by atoms with Crippen molar-refractivity contribution in [2.24, 2.45) is 0 Å². The zero-order valence-electron chi connectivity index (χ0n) is 17.2. The van der Waals surface area contributed by atoms with Crippen LogP contribution < -0.4 is 0 Å². The average molecular weight is 409 g/mol. The molecule has 2 rings (SSSR count). The van der Waals surface area contributed by atoms with E-state index in [4.69, 9.17) is 23.2 Å². The van der Waals surface area contributed by atoms with E-state index < -0.39 is 0 Å². The van der Waals surface area contributed by atoms with E-state index in [1.54, 1.807) is 12.1 Å². The van der Waals surface area contributed by atoms with E-state index >= 15 is 0 Å². The van der Waals surface area contributed by atoms with Gasteiger partial charge in [-0.25, -0.2) is 4.39 Å². The van der Waals surface area contributed by atoms with E-state index in [1.165, 1.54) is 11.1 Å². The molecule has 0 aromatic heterocycles. The molecule has 0 aliphatic carbocycles. The lowest BCUT2D eigenvalue weighted by atomic mass is 9.87. The fourth-order valence-corrected chi connectivity index (χ4v) is 4.24. The molecule has 0 radical (unpaired) electrons. The summed E-state index contributed by atoms with van der Waals surface area (Å²) in [7, 11) is 0. The molecule has 27 heavy (non-hydrogen) atoms. The quantitative estimate of drug-likeness (QED) is 0.428. The van der Waals surface area contributed by atoms with E-state index in [2.05, 4.69) is 45.9 Å². The monoisotopic (exact) mass is 408 g/mol. The molecule has 0 bridgehead atoms. The van der Waals surface area contributed by atoms with Crippen LogP contribution in [-0.4, -0.2) is 0 Å². The van der Waals surface area contributed by atoms with Crippen molar-refractivity contribution < 1.29 is 4.39 Å². The Morgan fingerprint density at radius 1 is 0.704 bits per heavy atom. The van der Waals surface area contributed by atoms with Crippen LogP contribution in [0.3, 0.4) is 0 Å². The predicted octanol–water partition coefficient (Wildman–Crippen LogP) is 9.07. The minimum atomic E-state index is -0.156. The van der Waals surface area contributed by atoms with Gasteiger partial charge in [0.25, 0.3) is 0 Å². The third-order valence-corrected chi connectivity index (χ3v) is 6.18. The van der Waals surface area contributed by atoms with Crippen molar-refractivity contribution in [3.63, 3.8) is 0 Å². The summed E-state index contributed by atoms with van der Waals surface area (Å²) in [6.45, 7) is 12.6. The van der Waals surface area contributed by atoms with Crippen molar-refractivity contribution in [2.75, 3.05) is 0 Å². The number of benzene rings is 2. The molecular formula is C24H31Cl2F. The van der Waals surface area contributed by atoms with Gasteiger partial charge >= 0.3 is 0 Å². The molecule has 0 nitrogen and oxygen atoms in total. The maximum Gasteiger partial charge on any atom is 0.127 e. The van der Waals surface area contributed by atoms with Gasteiger partial charge in [0.15, 0.2) is 0 Å². The van der Waals surface area contributed by atoms with Crippen LogP contribution in [0, 0.1) is 5.82 Å². The maximum atomic E-state index is 14.4. The van der Waals surface area contributed by atoms with Crippen molar-refractivity contribution in [3.8, 4) is 0 Å². The minimum absolute atomic E-state index is 0.128. The Labute approximate surface area is 174 Å². The molecule has 2 atom stereocenters. The van der Waals surface area contributed by atoms with Crippen molar-refractivity contribution in [1.29, 1.82) is 0 Å². The highest BCUT2D eigenvalue weighted by Crippen LogP contribution is 2.36. The van der Waals surface area contributed by atoms with Gasteiger partial charge in [-0.2, -0.15) is 0 Å². The van der Waals surface area contributed by atoms with Crippen LogP contribution in [-0.2, 0) is 0 Å². The normalized spacial score (nSPS) is 14.0. The Bertz CT molecular complexity index is 780. The lowest BCUT2D eigenvalue weighted by molar-refractivity contribution is 0.562. The summed E-state index contributed by atoms with van der Waals surface area (Å²) < 4.78 is 14.4. The molecule has 3 heteroatoms. The Morgan fingerprint density at radius 3 is 1.78 bits per heavy atom. The lowest BCUT2D eigenvalue weighted by Gasteiger charge is -2.20. The van der Waals surface area contributed by atoms with Gasteiger partial charge < -0.3 is 0 Å². The van der Waals surface area contributed by atoms with E-state index in [9.17, 15) is 4.39 Å². The van der Waals surface area contributed by atoms with Gasteiger partial charge in [0, 0.05) is 10.0 Å². The smallest absolute Gasteiger partial charge is 0.127 e. The standard InChI is InChI=1S/C24H31Cl2F/c1-14(2)18-9-10-19(22(25)11-18)16(5)7-8-17(6)21-13-24(27)20(15(3)4)12-23(21)26/h9-17H,7-8H2,1-6H3. The van der Waals surface area contributed by atoms with Crippen molar-refractivity contribution >= 4 is 23.2 Å². The first-order valence-corrected chi connectivity index (χ1v) is 10.7. The average Bonchev–Trinajstić information content (AvgIpc) is 2.60. The van der Waals surface area contributed by atoms with Crippen LogP contribution in [0.15, 0.2) is 30.3 Å². The van der Waals surface area contributed by atoms with Gasteiger partial charge in [-0.1, -0.05) is 76.9 Å². The maximum absolute atomic E-state index is 14.4. The fourth-order valence-electron chi connectivity index (χ4n) is 3.51. The van der Waals surface area contributed by atoms with Crippen LogP contribution in [0.2, 0.25) is 10.0 Å².